The quantitative estimate of drug-likeness (QED) is 0.126. The van der Waals surface area contributed by atoms with Gasteiger partial charge in [-0.3, -0.25) is 4.79 Å². The summed E-state index contributed by atoms with van der Waals surface area (Å²) in [5, 5.41) is 8.38. The van der Waals surface area contributed by atoms with Gasteiger partial charge >= 0.3 is 5.97 Å². The Kier molecular flexibility index (Phi) is 12.4. The zero-order valence-electron chi connectivity index (χ0n) is 17.1. The molecule has 0 heterocycles. The maximum Gasteiger partial charge on any atom is 0.339 e. The minimum Gasteiger partial charge on any atom is -0.465 e. The van der Waals surface area contributed by atoms with Crippen LogP contribution >= 0.6 is 47.0 Å². The number of methoxy groups -OCH3 is 1. The van der Waals surface area contributed by atoms with Gasteiger partial charge in [0, 0.05) is 6.42 Å². The van der Waals surface area contributed by atoms with Gasteiger partial charge in [-0.25, -0.2) is 4.79 Å². The van der Waals surface area contributed by atoms with Gasteiger partial charge in [0.2, 0.25) is 9.70 Å². The van der Waals surface area contributed by atoms with Gasteiger partial charge in [-0.1, -0.05) is 86.0 Å². The number of anilines is 1. The topological polar surface area (TPSA) is 79.5 Å². The van der Waals surface area contributed by atoms with E-state index in [1.165, 1.54) is 26.4 Å². The molecule has 1 atom stereocenters. The number of hydrogen-bond donors (Lipinski definition) is 3. The van der Waals surface area contributed by atoms with Crippen molar-refractivity contribution in [1.82, 2.24) is 10.6 Å². The predicted octanol–water partition coefficient (Wildman–Crippen LogP) is 5.32. The molecule has 0 aliphatic rings. The van der Waals surface area contributed by atoms with Crippen molar-refractivity contribution >= 4 is 69.7 Å². The summed E-state index contributed by atoms with van der Waals surface area (Å²) >= 11 is 23.3. The molecular formula is C20H28Cl3N3O3S. The number of nitrogens with one attached hydrogen (secondary N) is 3. The molecule has 0 aromatic heterocycles. The molecule has 1 aromatic rings. The number of hydrogen-bond acceptors (Lipinski definition) is 4. The highest BCUT2D eigenvalue weighted by Crippen LogP contribution is 2.29. The molecule has 1 rings (SSSR count). The number of carbonyl (C=O) groups excluding carboxylic acids is 2. The molecule has 3 N–H and O–H groups in total. The minimum atomic E-state index is -1.84. The number of unbranched alkanes of at least 4 members (excludes halogenated alkanes) is 5. The smallest absolute Gasteiger partial charge is 0.339 e. The average Bonchev–Trinajstić information content (AvgIpc) is 2.69. The number of esters is 1. The molecule has 0 aliphatic carbocycles. The van der Waals surface area contributed by atoms with E-state index < -0.39 is 15.9 Å². The Balaban J connectivity index is 2.64. The third kappa shape index (κ3) is 10.2. The number of thiocarbonyl (C=S) groups is 1. The van der Waals surface area contributed by atoms with Crippen LogP contribution in [0.3, 0.4) is 0 Å². The van der Waals surface area contributed by atoms with Crippen molar-refractivity contribution in [3.63, 3.8) is 0 Å². The molecule has 168 valence electrons. The highest BCUT2D eigenvalue weighted by atomic mass is 35.6. The summed E-state index contributed by atoms with van der Waals surface area (Å²) in [5.41, 5.74) is 0.713. The lowest BCUT2D eigenvalue weighted by Crippen LogP contribution is -2.56. The second-order valence-electron chi connectivity index (χ2n) is 6.70. The van der Waals surface area contributed by atoms with Crippen molar-refractivity contribution in [2.45, 2.75) is 61.8 Å². The van der Waals surface area contributed by atoms with Crippen molar-refractivity contribution in [2.75, 3.05) is 12.4 Å². The first-order chi connectivity index (χ1) is 14.2. The summed E-state index contributed by atoms with van der Waals surface area (Å²) in [4.78, 5) is 24.1. The van der Waals surface area contributed by atoms with Gasteiger partial charge in [-0.2, -0.15) is 0 Å². The molecule has 0 saturated heterocycles. The monoisotopic (exact) mass is 495 g/mol. The molecule has 1 amide bonds. The van der Waals surface area contributed by atoms with E-state index in [4.69, 9.17) is 51.8 Å². The first-order valence-electron chi connectivity index (χ1n) is 9.80. The molecule has 30 heavy (non-hydrogen) atoms. The van der Waals surface area contributed by atoms with E-state index in [0.29, 0.717) is 17.7 Å². The maximum absolute atomic E-state index is 12.3. The van der Waals surface area contributed by atoms with Crippen LogP contribution in [-0.4, -0.2) is 34.1 Å². The number of rotatable bonds is 11. The van der Waals surface area contributed by atoms with E-state index in [2.05, 4.69) is 22.9 Å². The Morgan fingerprint density at radius 1 is 1.07 bits per heavy atom. The van der Waals surface area contributed by atoms with Crippen LogP contribution in [0, 0.1) is 0 Å². The van der Waals surface area contributed by atoms with E-state index in [1.807, 2.05) is 0 Å². The Hall–Kier alpha value is -1.28. The maximum atomic E-state index is 12.3. The first kappa shape index (κ1) is 26.8. The fourth-order valence-electron chi connectivity index (χ4n) is 2.67. The SMILES string of the molecule is CCCCCCCCC(=O)N[C@@H](NC(=S)Nc1ccccc1C(=O)OC)C(Cl)(Cl)Cl. The lowest BCUT2D eigenvalue weighted by atomic mass is 10.1. The lowest BCUT2D eigenvalue weighted by molar-refractivity contribution is -0.122. The molecule has 0 saturated carbocycles. The number of carbonyl (C=O) groups is 2. The lowest BCUT2D eigenvalue weighted by Gasteiger charge is -2.28. The van der Waals surface area contributed by atoms with Crippen LogP contribution in [0.15, 0.2) is 24.3 Å². The van der Waals surface area contributed by atoms with Crippen molar-refractivity contribution in [3.8, 4) is 0 Å². The molecular weight excluding hydrogens is 469 g/mol. The molecule has 0 bridgehead atoms. The molecule has 10 heteroatoms. The van der Waals surface area contributed by atoms with E-state index >= 15 is 0 Å². The van der Waals surface area contributed by atoms with Crippen molar-refractivity contribution < 1.29 is 14.3 Å². The average molecular weight is 497 g/mol. The minimum absolute atomic E-state index is 0.0718. The summed E-state index contributed by atoms with van der Waals surface area (Å²) in [5.74, 6) is -0.766. The van der Waals surface area contributed by atoms with Gasteiger partial charge in [-0.15, -0.1) is 0 Å². The zero-order valence-corrected chi connectivity index (χ0v) is 20.2. The Bertz CT molecular complexity index is 714. The largest absolute Gasteiger partial charge is 0.465 e. The first-order valence-corrected chi connectivity index (χ1v) is 11.3. The summed E-state index contributed by atoms with van der Waals surface area (Å²) in [6, 6.07) is 6.67. The Labute approximate surface area is 198 Å². The molecule has 0 unspecified atom stereocenters. The van der Waals surface area contributed by atoms with Crippen LogP contribution in [0.1, 0.15) is 62.2 Å². The molecule has 0 fully saturated rings. The van der Waals surface area contributed by atoms with Gasteiger partial charge in [0.25, 0.3) is 0 Å². The van der Waals surface area contributed by atoms with Crippen LogP contribution in [0.25, 0.3) is 0 Å². The second kappa shape index (κ2) is 13.9. The van der Waals surface area contributed by atoms with Crippen LogP contribution in [0.5, 0.6) is 0 Å². The standard InChI is InChI=1S/C20H28Cl3N3O3S/c1-3-4-5-6-7-8-13-16(27)25-18(20(21,22)23)26-19(30)24-15-12-10-9-11-14(15)17(28)29-2/h9-12,18H,3-8,13H2,1-2H3,(H,25,27)(H2,24,26,30)/t18-/m0/s1. The molecule has 0 aliphatic heterocycles. The molecule has 6 nitrogen and oxygen atoms in total. The second-order valence-corrected chi connectivity index (χ2v) is 9.47. The van der Waals surface area contributed by atoms with Crippen molar-refractivity contribution in [2.24, 2.45) is 0 Å². The number of benzene rings is 1. The van der Waals surface area contributed by atoms with Gasteiger partial charge in [0.05, 0.1) is 18.4 Å². The van der Waals surface area contributed by atoms with Crippen LogP contribution < -0.4 is 16.0 Å². The Morgan fingerprint density at radius 2 is 1.70 bits per heavy atom. The van der Waals surface area contributed by atoms with Crippen LogP contribution in [-0.2, 0) is 9.53 Å². The van der Waals surface area contributed by atoms with Crippen molar-refractivity contribution in [1.29, 1.82) is 0 Å². The summed E-state index contributed by atoms with van der Waals surface area (Å²) in [7, 11) is 1.29. The highest BCUT2D eigenvalue weighted by molar-refractivity contribution is 7.80. The number of alkyl halides is 3. The normalized spacial score (nSPS) is 12.0. The van der Waals surface area contributed by atoms with E-state index in [-0.39, 0.29) is 11.0 Å². The fourth-order valence-corrected chi connectivity index (χ4v) is 3.22. The predicted molar refractivity (Wildman–Crippen MR) is 127 cm³/mol. The van der Waals surface area contributed by atoms with E-state index in [0.717, 1.165) is 19.3 Å². The number of amides is 1. The van der Waals surface area contributed by atoms with Gasteiger partial charge in [0.15, 0.2) is 5.11 Å². The molecule has 0 spiro atoms. The summed E-state index contributed by atoms with van der Waals surface area (Å²) < 4.78 is 2.91. The highest BCUT2D eigenvalue weighted by Gasteiger charge is 2.34. The van der Waals surface area contributed by atoms with Crippen LogP contribution in [0.2, 0.25) is 0 Å². The third-order valence-corrected chi connectivity index (χ3v) is 5.12. The van der Waals surface area contributed by atoms with Gasteiger partial charge in [-0.05, 0) is 30.8 Å². The van der Waals surface area contributed by atoms with Gasteiger partial charge in [0.1, 0.15) is 6.17 Å². The number of ether oxygens (including phenoxy) is 1. The van der Waals surface area contributed by atoms with Gasteiger partial charge < -0.3 is 20.7 Å². The fraction of sp³-hybridized carbons (Fsp3) is 0.550. The third-order valence-electron chi connectivity index (χ3n) is 4.25. The number of halogens is 3. The molecule has 0 radical (unpaired) electrons. The summed E-state index contributed by atoms with van der Waals surface area (Å²) in [6.07, 6.45) is 5.66. The number of para-hydroxylation sites is 1. The summed E-state index contributed by atoms with van der Waals surface area (Å²) in [6.45, 7) is 2.16. The Morgan fingerprint density at radius 3 is 2.33 bits per heavy atom. The van der Waals surface area contributed by atoms with Crippen LogP contribution in [0.4, 0.5) is 5.69 Å². The van der Waals surface area contributed by atoms with E-state index in [1.54, 1.807) is 24.3 Å². The van der Waals surface area contributed by atoms with E-state index in [9.17, 15) is 9.59 Å². The molecule has 1 aromatic carbocycles. The van der Waals surface area contributed by atoms with Crippen molar-refractivity contribution in [3.05, 3.63) is 29.8 Å². The zero-order chi connectivity index (χ0) is 22.6.